The largest absolute Gasteiger partial charge is 0.322 e. The first-order valence-electron chi connectivity index (χ1n) is 8.15. The molecule has 6 nitrogen and oxygen atoms in total. The zero-order valence-corrected chi connectivity index (χ0v) is 15.6. The summed E-state index contributed by atoms with van der Waals surface area (Å²) in [5, 5.41) is 0.495. The molecular weight excluding hydrogens is 380 g/mol. The molecule has 134 valence electrons. The number of carbonyl (C=O) groups excluding carboxylic acids is 1. The van der Waals surface area contributed by atoms with Gasteiger partial charge in [-0.15, -0.1) is 11.3 Å². The van der Waals surface area contributed by atoms with Gasteiger partial charge in [0.2, 0.25) is 4.77 Å². The molecule has 8 heteroatoms. The lowest BCUT2D eigenvalue weighted by Crippen LogP contribution is -2.34. The normalized spacial score (nSPS) is 10.8. The van der Waals surface area contributed by atoms with Crippen LogP contribution >= 0.6 is 23.6 Å². The van der Waals surface area contributed by atoms with Crippen LogP contribution in [0.25, 0.3) is 10.2 Å². The van der Waals surface area contributed by atoms with Gasteiger partial charge < -0.3 is 4.98 Å². The lowest BCUT2D eigenvalue weighted by molar-refractivity contribution is 0.101. The van der Waals surface area contributed by atoms with E-state index in [0.29, 0.717) is 15.8 Å². The Morgan fingerprint density at radius 1 is 1.19 bits per heavy atom. The number of pyridine rings is 1. The Balaban J connectivity index is 1.69. The summed E-state index contributed by atoms with van der Waals surface area (Å²) in [4.78, 5) is 33.8. The Kier molecular flexibility index (Phi) is 4.66. The number of hydrogen-bond acceptors (Lipinski definition) is 5. The predicted octanol–water partition coefficient (Wildman–Crippen LogP) is 3.49. The molecule has 4 rings (SSSR count). The number of nitrogens with zero attached hydrogens (tertiary/aromatic N) is 2. The third-order valence-corrected chi connectivity index (χ3v) is 5.35. The first-order chi connectivity index (χ1) is 13.1. The van der Waals surface area contributed by atoms with Crippen molar-refractivity contribution in [1.29, 1.82) is 0 Å². The lowest BCUT2D eigenvalue weighted by atomic mass is 10.1. The van der Waals surface area contributed by atoms with Gasteiger partial charge in [-0.2, -0.15) is 4.68 Å². The molecule has 0 spiro atoms. The second-order valence-electron chi connectivity index (χ2n) is 5.87. The Morgan fingerprint density at radius 2 is 1.93 bits per heavy atom. The van der Waals surface area contributed by atoms with Crippen molar-refractivity contribution in [2.24, 2.45) is 0 Å². The van der Waals surface area contributed by atoms with Crippen molar-refractivity contribution in [3.05, 3.63) is 92.1 Å². The molecule has 0 unspecified atom stereocenters. The van der Waals surface area contributed by atoms with Crippen LogP contribution in [0.3, 0.4) is 0 Å². The number of benzene rings is 1. The molecule has 0 radical (unpaired) electrons. The highest BCUT2D eigenvalue weighted by Crippen LogP contribution is 2.23. The summed E-state index contributed by atoms with van der Waals surface area (Å²) in [6.07, 6.45) is 3.75. The van der Waals surface area contributed by atoms with E-state index in [1.54, 1.807) is 12.1 Å². The maximum absolute atomic E-state index is 12.8. The lowest BCUT2D eigenvalue weighted by Gasteiger charge is -2.08. The van der Waals surface area contributed by atoms with Crippen LogP contribution in [0.2, 0.25) is 0 Å². The number of aromatic amines is 1. The summed E-state index contributed by atoms with van der Waals surface area (Å²) in [7, 11) is 0. The topological polar surface area (TPSA) is 79.8 Å². The van der Waals surface area contributed by atoms with E-state index in [1.165, 1.54) is 23.7 Å². The first kappa shape index (κ1) is 17.3. The highest BCUT2D eigenvalue weighted by molar-refractivity contribution is 7.71. The molecular formula is C19H14N4O2S2. The van der Waals surface area contributed by atoms with E-state index >= 15 is 0 Å². The van der Waals surface area contributed by atoms with E-state index in [9.17, 15) is 9.59 Å². The number of fused-ring (bicyclic) bond motifs is 1. The molecule has 0 atom stereocenters. The van der Waals surface area contributed by atoms with Crippen LogP contribution in [0.4, 0.5) is 0 Å². The van der Waals surface area contributed by atoms with Crippen LogP contribution in [-0.4, -0.2) is 20.6 Å². The Hall–Kier alpha value is -3.10. The summed E-state index contributed by atoms with van der Waals surface area (Å²) in [6.45, 7) is 0. The SMILES string of the molecule is O=C(Nn1c(=S)[nH]c2sc(Cc3ccccc3)cc2c1=O)c1ccncc1. The third-order valence-electron chi connectivity index (χ3n) is 4.02. The fraction of sp³-hybridized carbons (Fsp3) is 0.0526. The van der Waals surface area contributed by atoms with Crippen LogP contribution in [0.5, 0.6) is 0 Å². The number of hydrogen-bond donors (Lipinski definition) is 2. The van der Waals surface area contributed by atoms with E-state index in [0.717, 1.165) is 21.5 Å². The third kappa shape index (κ3) is 3.57. The molecule has 0 aliphatic rings. The van der Waals surface area contributed by atoms with E-state index in [-0.39, 0.29) is 10.3 Å². The van der Waals surface area contributed by atoms with Gasteiger partial charge in [0.05, 0.1) is 5.39 Å². The summed E-state index contributed by atoms with van der Waals surface area (Å²) in [6, 6.07) is 15.0. The van der Waals surface area contributed by atoms with Crippen molar-refractivity contribution >= 4 is 39.7 Å². The van der Waals surface area contributed by atoms with E-state index in [4.69, 9.17) is 12.2 Å². The molecule has 0 aliphatic heterocycles. The quantitative estimate of drug-likeness (QED) is 0.519. The van der Waals surface area contributed by atoms with Gasteiger partial charge in [-0.25, -0.2) is 0 Å². The maximum Gasteiger partial charge on any atom is 0.282 e. The van der Waals surface area contributed by atoms with Crippen LogP contribution in [-0.2, 0) is 6.42 Å². The predicted molar refractivity (Wildman–Crippen MR) is 108 cm³/mol. The minimum atomic E-state index is -0.432. The second kappa shape index (κ2) is 7.26. The monoisotopic (exact) mass is 394 g/mol. The molecule has 0 saturated heterocycles. The fourth-order valence-electron chi connectivity index (χ4n) is 2.71. The van der Waals surface area contributed by atoms with Crippen LogP contribution in [0, 0.1) is 4.77 Å². The smallest absolute Gasteiger partial charge is 0.282 e. The molecule has 1 amide bonds. The zero-order chi connectivity index (χ0) is 18.8. The van der Waals surface area contributed by atoms with Gasteiger partial charge in [0.1, 0.15) is 4.83 Å². The summed E-state index contributed by atoms with van der Waals surface area (Å²) in [5.41, 5.74) is 3.75. The van der Waals surface area contributed by atoms with Crippen molar-refractivity contribution in [2.75, 3.05) is 5.43 Å². The molecule has 0 aliphatic carbocycles. The number of H-pyrrole nitrogens is 1. The van der Waals surface area contributed by atoms with Crippen molar-refractivity contribution in [3.63, 3.8) is 0 Å². The number of thiophene rings is 1. The van der Waals surface area contributed by atoms with Gasteiger partial charge in [0.15, 0.2) is 0 Å². The first-order valence-corrected chi connectivity index (χ1v) is 9.37. The standard InChI is InChI=1S/C19H14N4O2S2/c24-16(13-6-8-20-9-7-13)22-23-18(25)15-11-14(27-17(15)21-19(23)26)10-12-4-2-1-3-5-12/h1-9,11H,10H2,(H,21,26)(H,22,24). The molecule has 3 aromatic heterocycles. The van der Waals surface area contributed by atoms with Gasteiger partial charge in [-0.05, 0) is 36.0 Å². The van der Waals surface area contributed by atoms with Crippen LogP contribution in [0.1, 0.15) is 20.8 Å². The van der Waals surface area contributed by atoms with E-state index < -0.39 is 5.91 Å². The van der Waals surface area contributed by atoms with Gasteiger partial charge in [0.25, 0.3) is 11.5 Å². The zero-order valence-electron chi connectivity index (χ0n) is 14.0. The summed E-state index contributed by atoms with van der Waals surface area (Å²) < 4.78 is 1.21. The number of aromatic nitrogens is 3. The number of nitrogens with one attached hydrogen (secondary N) is 2. The molecule has 27 heavy (non-hydrogen) atoms. The molecule has 4 aromatic rings. The second-order valence-corrected chi connectivity index (χ2v) is 7.39. The van der Waals surface area contributed by atoms with Crippen molar-refractivity contribution in [1.82, 2.24) is 14.6 Å². The van der Waals surface area contributed by atoms with Crippen LogP contribution < -0.4 is 11.0 Å². The van der Waals surface area contributed by atoms with E-state index in [2.05, 4.69) is 15.4 Å². The highest BCUT2D eigenvalue weighted by Gasteiger charge is 2.13. The van der Waals surface area contributed by atoms with Crippen LogP contribution in [0.15, 0.2) is 65.7 Å². The van der Waals surface area contributed by atoms with Gasteiger partial charge >= 0.3 is 0 Å². The van der Waals surface area contributed by atoms with Gasteiger partial charge in [-0.3, -0.25) is 20.0 Å². The van der Waals surface area contributed by atoms with Crippen molar-refractivity contribution < 1.29 is 4.79 Å². The summed E-state index contributed by atoms with van der Waals surface area (Å²) in [5.74, 6) is -0.432. The molecule has 0 bridgehead atoms. The number of rotatable bonds is 4. The molecule has 1 aromatic carbocycles. The highest BCUT2D eigenvalue weighted by atomic mass is 32.1. The van der Waals surface area contributed by atoms with Crippen molar-refractivity contribution in [2.45, 2.75) is 6.42 Å². The maximum atomic E-state index is 12.8. The van der Waals surface area contributed by atoms with Gasteiger partial charge in [0, 0.05) is 29.3 Å². The summed E-state index contributed by atoms with van der Waals surface area (Å²) >= 11 is 6.75. The fourth-order valence-corrected chi connectivity index (χ4v) is 4.09. The Bertz CT molecular complexity index is 1230. The molecule has 0 fully saturated rings. The average Bonchev–Trinajstić information content (AvgIpc) is 3.09. The molecule has 2 N–H and O–H groups in total. The number of amides is 1. The van der Waals surface area contributed by atoms with Crippen molar-refractivity contribution in [3.8, 4) is 0 Å². The minimum Gasteiger partial charge on any atom is -0.322 e. The molecule has 3 heterocycles. The Morgan fingerprint density at radius 3 is 2.67 bits per heavy atom. The van der Waals surface area contributed by atoms with Gasteiger partial charge in [-0.1, -0.05) is 30.3 Å². The Labute approximate surface area is 163 Å². The number of carbonyl (C=O) groups is 1. The molecule has 0 saturated carbocycles. The minimum absolute atomic E-state index is 0.142. The van der Waals surface area contributed by atoms with E-state index in [1.807, 2.05) is 36.4 Å². The average molecular weight is 394 g/mol.